The molecule has 4 aromatic rings. The average Bonchev–Trinajstić information content (AvgIpc) is 3.46. The van der Waals surface area contributed by atoms with E-state index in [9.17, 15) is 18.0 Å². The molecule has 0 amide bonds. The minimum absolute atomic E-state index is 0.000309. The molecule has 2 heterocycles. The number of rotatable bonds is 6. The lowest BCUT2D eigenvalue weighted by Gasteiger charge is -2.24. The van der Waals surface area contributed by atoms with Gasteiger partial charge in [-0.05, 0) is 52.8 Å². The van der Waals surface area contributed by atoms with Crippen LogP contribution in [0.1, 0.15) is 41.5 Å². The minimum atomic E-state index is -4.71. The molecular formula is C25H22F3N7O2. The highest BCUT2D eigenvalue weighted by atomic mass is 19.4. The normalized spacial score (nSPS) is 14.1. The first-order valence-corrected chi connectivity index (χ1v) is 11.6. The molecule has 190 valence electrons. The molecule has 12 heteroatoms. The first kappa shape index (κ1) is 24.3. The first-order chi connectivity index (χ1) is 17.8. The number of aromatic amines is 1. The fourth-order valence-corrected chi connectivity index (χ4v) is 4.44. The third-order valence-corrected chi connectivity index (χ3v) is 6.24. The van der Waals surface area contributed by atoms with Gasteiger partial charge >= 0.3 is 12.1 Å². The van der Waals surface area contributed by atoms with Crippen LogP contribution in [0.2, 0.25) is 0 Å². The number of methoxy groups -OCH3 is 1. The van der Waals surface area contributed by atoms with Crippen molar-refractivity contribution in [1.29, 1.82) is 0 Å². The van der Waals surface area contributed by atoms with E-state index in [2.05, 4.69) is 35.9 Å². The summed E-state index contributed by atoms with van der Waals surface area (Å²) in [6.07, 6.45) is -2.22. The molecule has 1 unspecified atom stereocenters. The average molecular weight is 509 g/mol. The van der Waals surface area contributed by atoms with Gasteiger partial charge in [0, 0.05) is 16.8 Å². The summed E-state index contributed by atoms with van der Waals surface area (Å²) >= 11 is 0. The van der Waals surface area contributed by atoms with Crippen molar-refractivity contribution >= 4 is 11.8 Å². The summed E-state index contributed by atoms with van der Waals surface area (Å²) in [7, 11) is 1.23. The molecule has 0 saturated carbocycles. The summed E-state index contributed by atoms with van der Waals surface area (Å²) in [4.78, 5) is 20.3. The van der Waals surface area contributed by atoms with Gasteiger partial charge in [-0.1, -0.05) is 48.5 Å². The van der Waals surface area contributed by atoms with Gasteiger partial charge in [-0.3, -0.25) is 0 Å². The molecule has 0 saturated heterocycles. The molecule has 1 atom stereocenters. The van der Waals surface area contributed by atoms with E-state index in [1.54, 1.807) is 12.1 Å². The van der Waals surface area contributed by atoms with Gasteiger partial charge in [0.2, 0.25) is 5.82 Å². The predicted octanol–water partition coefficient (Wildman–Crippen LogP) is 4.55. The van der Waals surface area contributed by atoms with Crippen LogP contribution in [0, 0.1) is 0 Å². The number of nitrogens with one attached hydrogen (secondary N) is 2. The summed E-state index contributed by atoms with van der Waals surface area (Å²) in [6, 6.07) is 13.5. The van der Waals surface area contributed by atoms with Crippen molar-refractivity contribution in [2.24, 2.45) is 0 Å². The highest BCUT2D eigenvalue weighted by Crippen LogP contribution is 2.35. The van der Waals surface area contributed by atoms with Gasteiger partial charge in [0.05, 0.1) is 7.11 Å². The number of tetrazole rings is 1. The molecule has 2 N–H and O–H groups in total. The Morgan fingerprint density at radius 2 is 1.76 bits per heavy atom. The maximum Gasteiger partial charge on any atom is 0.451 e. The Balaban J connectivity index is 1.50. The van der Waals surface area contributed by atoms with E-state index in [-0.39, 0.29) is 5.82 Å². The van der Waals surface area contributed by atoms with Crippen LogP contribution < -0.4 is 5.32 Å². The van der Waals surface area contributed by atoms with E-state index in [4.69, 9.17) is 4.74 Å². The number of anilines is 1. The number of nitrogens with zero attached hydrogens (tertiary/aromatic N) is 5. The topological polar surface area (TPSA) is 119 Å². The van der Waals surface area contributed by atoms with E-state index < -0.39 is 24.0 Å². The Morgan fingerprint density at radius 1 is 1.03 bits per heavy atom. The zero-order valence-corrected chi connectivity index (χ0v) is 19.7. The van der Waals surface area contributed by atoms with Crippen LogP contribution in [-0.4, -0.2) is 43.7 Å². The Hall–Kier alpha value is -4.35. The summed E-state index contributed by atoms with van der Waals surface area (Å²) in [5.74, 6) is -1.38. The maximum absolute atomic E-state index is 13.5. The van der Waals surface area contributed by atoms with E-state index in [1.165, 1.54) is 7.11 Å². The number of benzene rings is 2. The lowest BCUT2D eigenvalue weighted by Crippen LogP contribution is -2.26. The van der Waals surface area contributed by atoms with Crippen molar-refractivity contribution < 1.29 is 22.7 Å². The van der Waals surface area contributed by atoms with E-state index in [0.717, 1.165) is 29.5 Å². The first-order valence-electron chi connectivity index (χ1n) is 11.6. The molecule has 37 heavy (non-hydrogen) atoms. The van der Waals surface area contributed by atoms with E-state index in [0.29, 0.717) is 35.5 Å². The van der Waals surface area contributed by atoms with Crippen molar-refractivity contribution in [2.75, 3.05) is 12.4 Å². The molecule has 2 aromatic carbocycles. The highest BCUT2D eigenvalue weighted by molar-refractivity contribution is 5.83. The van der Waals surface area contributed by atoms with Gasteiger partial charge in [0.25, 0.3) is 0 Å². The second-order valence-corrected chi connectivity index (χ2v) is 8.54. The van der Waals surface area contributed by atoms with Crippen molar-refractivity contribution in [2.45, 2.75) is 37.9 Å². The molecule has 1 aliphatic rings. The molecule has 0 bridgehead atoms. The van der Waals surface area contributed by atoms with Crippen molar-refractivity contribution in [1.82, 2.24) is 30.6 Å². The monoisotopic (exact) mass is 509 g/mol. The van der Waals surface area contributed by atoms with E-state index >= 15 is 0 Å². The third-order valence-electron chi connectivity index (χ3n) is 6.24. The predicted molar refractivity (Wildman–Crippen MR) is 127 cm³/mol. The summed E-state index contributed by atoms with van der Waals surface area (Å²) in [5, 5.41) is 16.9. The fraction of sp³-hybridized carbons (Fsp3) is 0.280. The second-order valence-electron chi connectivity index (χ2n) is 8.54. The Bertz CT molecular complexity index is 1410. The lowest BCUT2D eigenvalue weighted by atomic mass is 9.95. The number of hydrogen-bond donors (Lipinski definition) is 2. The summed E-state index contributed by atoms with van der Waals surface area (Å²) in [5.41, 5.74) is 3.93. The lowest BCUT2D eigenvalue weighted by molar-refractivity contribution is -0.145. The summed E-state index contributed by atoms with van der Waals surface area (Å²) < 4.78 is 45.5. The molecule has 9 nitrogen and oxygen atoms in total. The largest absolute Gasteiger partial charge is 0.467 e. The number of carbonyl (C=O) groups is 1. The van der Waals surface area contributed by atoms with Crippen molar-refractivity contribution in [3.63, 3.8) is 0 Å². The highest BCUT2D eigenvalue weighted by Gasteiger charge is 2.37. The van der Waals surface area contributed by atoms with E-state index in [1.807, 2.05) is 36.4 Å². The zero-order chi connectivity index (χ0) is 26.0. The van der Waals surface area contributed by atoms with Gasteiger partial charge in [-0.15, -0.1) is 5.10 Å². The summed E-state index contributed by atoms with van der Waals surface area (Å²) in [6.45, 7) is 0. The van der Waals surface area contributed by atoms with Crippen LogP contribution in [0.3, 0.4) is 0 Å². The van der Waals surface area contributed by atoms with Gasteiger partial charge in [0.1, 0.15) is 5.82 Å². The molecule has 1 aliphatic carbocycles. The van der Waals surface area contributed by atoms with Crippen molar-refractivity contribution in [3.8, 4) is 22.5 Å². The Kier molecular flexibility index (Phi) is 6.55. The van der Waals surface area contributed by atoms with Crippen LogP contribution in [0.5, 0.6) is 0 Å². The molecule has 5 rings (SSSR count). The van der Waals surface area contributed by atoms with Gasteiger partial charge in [-0.2, -0.15) is 13.2 Å². The SMILES string of the molecule is COC(=O)C(Nc1nc(C(F)(F)F)nc2c1CCCC2)c1ccc(-c2ccccc2-c2nnn[nH]2)cc1. The number of H-pyrrole nitrogens is 1. The number of ether oxygens (including phenoxy) is 1. The smallest absolute Gasteiger partial charge is 0.451 e. The number of carbonyl (C=O) groups excluding carboxylic acids is 1. The number of alkyl halides is 3. The molecule has 0 fully saturated rings. The van der Waals surface area contributed by atoms with Crippen molar-refractivity contribution in [3.05, 3.63) is 71.2 Å². The Morgan fingerprint density at radius 3 is 2.43 bits per heavy atom. The molecule has 0 aliphatic heterocycles. The molecule has 0 radical (unpaired) electrons. The van der Waals surface area contributed by atoms with Crippen LogP contribution >= 0.6 is 0 Å². The van der Waals surface area contributed by atoms with Gasteiger partial charge in [0.15, 0.2) is 11.9 Å². The van der Waals surface area contributed by atoms with Gasteiger partial charge in [-0.25, -0.2) is 19.9 Å². The molecular weight excluding hydrogens is 487 g/mol. The maximum atomic E-state index is 13.5. The minimum Gasteiger partial charge on any atom is -0.467 e. The number of fused-ring (bicyclic) bond motifs is 1. The Labute approximate surface area is 209 Å². The number of aryl methyl sites for hydroxylation is 1. The molecule has 0 spiro atoms. The van der Waals surface area contributed by atoms with Crippen LogP contribution in [0.4, 0.5) is 19.0 Å². The van der Waals surface area contributed by atoms with Crippen LogP contribution in [0.15, 0.2) is 48.5 Å². The molecule has 2 aromatic heterocycles. The van der Waals surface area contributed by atoms with Gasteiger partial charge < -0.3 is 10.1 Å². The zero-order valence-electron chi connectivity index (χ0n) is 19.7. The second kappa shape index (κ2) is 9.96. The number of aromatic nitrogens is 6. The van der Waals surface area contributed by atoms with Crippen LogP contribution in [0.25, 0.3) is 22.5 Å². The fourth-order valence-electron chi connectivity index (χ4n) is 4.44. The number of halogens is 3. The number of hydrogen-bond acceptors (Lipinski definition) is 8. The standard InChI is InChI=1S/C25H22F3N7O2/c1-37-23(36)20(30-21-18-8-4-5-9-19(18)29-24(31-21)25(26,27)28)15-12-10-14(11-13-15)16-6-2-3-7-17(16)22-32-34-35-33-22/h2-3,6-7,10-13,20H,4-5,8-9H2,1H3,(H,29,30,31)(H,32,33,34,35). The third kappa shape index (κ3) is 4.99. The van der Waals surface area contributed by atoms with Crippen LogP contribution in [-0.2, 0) is 28.5 Å². The number of esters is 1. The quantitative estimate of drug-likeness (QED) is 0.364.